The van der Waals surface area contributed by atoms with Gasteiger partial charge in [0.15, 0.2) is 11.5 Å². The van der Waals surface area contributed by atoms with Gasteiger partial charge in [0.1, 0.15) is 13.2 Å². The number of methoxy groups -OCH3 is 1. The zero-order valence-electron chi connectivity index (χ0n) is 16.8. The molecule has 0 saturated heterocycles. The van der Waals surface area contributed by atoms with E-state index in [0.29, 0.717) is 34.3 Å². The van der Waals surface area contributed by atoms with Crippen molar-refractivity contribution in [2.45, 2.75) is 20.1 Å². The van der Waals surface area contributed by atoms with Gasteiger partial charge in [-0.25, -0.2) is 0 Å². The van der Waals surface area contributed by atoms with Gasteiger partial charge in [0.05, 0.1) is 30.0 Å². The van der Waals surface area contributed by atoms with Crippen LogP contribution in [0.3, 0.4) is 0 Å². The van der Waals surface area contributed by atoms with Crippen molar-refractivity contribution in [3.8, 4) is 17.6 Å². The lowest BCUT2D eigenvalue weighted by Crippen LogP contribution is -1.99. The highest BCUT2D eigenvalue weighted by Gasteiger charge is 2.12. The summed E-state index contributed by atoms with van der Waals surface area (Å²) >= 11 is 6.41. The van der Waals surface area contributed by atoms with E-state index in [4.69, 9.17) is 31.2 Å². The molecule has 0 atom stereocenters. The Morgan fingerprint density at radius 1 is 1.07 bits per heavy atom. The van der Waals surface area contributed by atoms with Crippen molar-refractivity contribution in [3.63, 3.8) is 0 Å². The van der Waals surface area contributed by atoms with Gasteiger partial charge < -0.3 is 14.3 Å². The second-order valence-corrected chi connectivity index (χ2v) is 6.99. The molecule has 0 aliphatic carbocycles. The lowest BCUT2D eigenvalue weighted by Gasteiger charge is -2.13. The quantitative estimate of drug-likeness (QED) is 0.348. The van der Waals surface area contributed by atoms with Crippen molar-refractivity contribution in [1.82, 2.24) is 0 Å². The Morgan fingerprint density at radius 2 is 1.83 bits per heavy atom. The van der Waals surface area contributed by atoms with E-state index < -0.39 is 0 Å². The van der Waals surface area contributed by atoms with Gasteiger partial charge in [-0.05, 0) is 30.7 Å². The Morgan fingerprint density at radius 3 is 2.57 bits per heavy atom. The lowest BCUT2D eigenvalue weighted by atomic mass is 10.1. The summed E-state index contributed by atoms with van der Waals surface area (Å²) in [5, 5.41) is 13.5. The first kappa shape index (κ1) is 21.2. The van der Waals surface area contributed by atoms with Crippen molar-refractivity contribution in [1.29, 1.82) is 5.26 Å². The lowest BCUT2D eigenvalue weighted by molar-refractivity contribution is 0.132. The third kappa shape index (κ3) is 5.53. The molecular formula is C24H21ClN2O3. The summed E-state index contributed by atoms with van der Waals surface area (Å²) in [5.41, 5.74) is 4.26. The van der Waals surface area contributed by atoms with Crippen LogP contribution in [0.2, 0.25) is 5.02 Å². The monoisotopic (exact) mass is 420 g/mol. The Balaban J connectivity index is 1.66. The second-order valence-electron chi connectivity index (χ2n) is 6.59. The molecule has 3 rings (SSSR count). The van der Waals surface area contributed by atoms with Gasteiger partial charge in [-0.15, -0.1) is 0 Å². The average molecular weight is 421 g/mol. The summed E-state index contributed by atoms with van der Waals surface area (Å²) in [6.07, 6.45) is 1.53. The van der Waals surface area contributed by atoms with Gasteiger partial charge in [-0.2, -0.15) is 5.26 Å². The minimum atomic E-state index is 0.197. The first-order chi connectivity index (χ1) is 14.6. The van der Waals surface area contributed by atoms with E-state index in [1.165, 1.54) is 11.8 Å². The number of nitrogens with zero attached hydrogens (tertiary/aromatic N) is 2. The van der Waals surface area contributed by atoms with Crippen molar-refractivity contribution in [3.05, 3.63) is 93.5 Å². The molecule has 3 aromatic carbocycles. The third-order valence-electron chi connectivity index (χ3n) is 4.39. The van der Waals surface area contributed by atoms with Crippen LogP contribution in [-0.2, 0) is 18.1 Å². The Kier molecular flexibility index (Phi) is 7.31. The number of halogens is 1. The van der Waals surface area contributed by atoms with E-state index >= 15 is 0 Å². The van der Waals surface area contributed by atoms with Crippen molar-refractivity contribution in [2.24, 2.45) is 5.16 Å². The van der Waals surface area contributed by atoms with Crippen LogP contribution >= 0.6 is 11.6 Å². The van der Waals surface area contributed by atoms with E-state index in [1.807, 2.05) is 49.4 Å². The number of rotatable bonds is 8. The van der Waals surface area contributed by atoms with Crippen molar-refractivity contribution >= 4 is 17.8 Å². The van der Waals surface area contributed by atoms with Gasteiger partial charge in [0, 0.05) is 11.1 Å². The summed E-state index contributed by atoms with van der Waals surface area (Å²) in [7, 11) is 1.56. The number of benzene rings is 3. The predicted octanol–water partition coefficient (Wildman–Crippen LogP) is 5.66. The minimum absolute atomic E-state index is 0.197. The maximum atomic E-state index is 9.11. The van der Waals surface area contributed by atoms with Gasteiger partial charge in [-0.1, -0.05) is 64.8 Å². The first-order valence-electron chi connectivity index (χ1n) is 9.30. The normalized spacial score (nSPS) is 10.6. The smallest absolute Gasteiger partial charge is 0.180 e. The van der Waals surface area contributed by atoms with E-state index in [-0.39, 0.29) is 6.61 Å². The van der Waals surface area contributed by atoms with Crippen LogP contribution in [0.5, 0.6) is 11.5 Å². The van der Waals surface area contributed by atoms with Crippen LogP contribution in [0.15, 0.2) is 65.8 Å². The highest BCUT2D eigenvalue weighted by Crippen LogP contribution is 2.36. The summed E-state index contributed by atoms with van der Waals surface area (Å²) in [4.78, 5) is 5.33. The van der Waals surface area contributed by atoms with E-state index in [1.54, 1.807) is 25.3 Å². The zero-order chi connectivity index (χ0) is 21.3. The standard InChI is InChI=1S/C24H21ClN2O3/c1-17-7-9-18(10-8-17)15-29-24-22(25)11-19(12-23(24)28-2)14-27-30-16-21-6-4-3-5-20(21)13-26/h3-12,14H,15-16H2,1-2H3/b27-14-. The van der Waals surface area contributed by atoms with Gasteiger partial charge in [-0.3, -0.25) is 0 Å². The molecule has 6 heteroatoms. The zero-order valence-corrected chi connectivity index (χ0v) is 17.5. The summed E-state index contributed by atoms with van der Waals surface area (Å²) in [6, 6.07) is 20.9. The SMILES string of the molecule is COc1cc(/C=N\OCc2ccccc2C#N)cc(Cl)c1OCc1ccc(C)cc1. The number of aryl methyl sites for hydroxylation is 1. The number of nitriles is 1. The van der Waals surface area contributed by atoms with Gasteiger partial charge in [0.2, 0.25) is 0 Å². The molecule has 0 radical (unpaired) electrons. The van der Waals surface area contributed by atoms with Crippen molar-refractivity contribution < 1.29 is 14.3 Å². The summed E-state index contributed by atoms with van der Waals surface area (Å²) in [5.74, 6) is 0.978. The first-order valence-corrected chi connectivity index (χ1v) is 9.67. The molecule has 0 saturated carbocycles. The molecule has 3 aromatic rings. The Hall–Kier alpha value is -3.49. The highest BCUT2D eigenvalue weighted by molar-refractivity contribution is 6.32. The number of hydrogen-bond donors (Lipinski definition) is 0. The molecule has 0 heterocycles. The molecule has 0 N–H and O–H groups in total. The molecular weight excluding hydrogens is 400 g/mol. The molecule has 0 aromatic heterocycles. The minimum Gasteiger partial charge on any atom is -0.493 e. The molecule has 0 fully saturated rings. The van der Waals surface area contributed by atoms with Crippen LogP contribution in [0.1, 0.15) is 27.8 Å². The maximum absolute atomic E-state index is 9.11. The number of hydrogen-bond acceptors (Lipinski definition) is 5. The molecule has 5 nitrogen and oxygen atoms in total. The molecule has 0 amide bonds. The summed E-state index contributed by atoms with van der Waals surface area (Å²) in [6.45, 7) is 2.62. The maximum Gasteiger partial charge on any atom is 0.180 e. The fourth-order valence-corrected chi connectivity index (χ4v) is 3.03. The molecule has 0 bridgehead atoms. The van der Waals surface area contributed by atoms with E-state index in [9.17, 15) is 0 Å². The molecule has 0 aliphatic heterocycles. The Bertz CT molecular complexity index is 1070. The van der Waals surface area contributed by atoms with E-state index in [0.717, 1.165) is 11.1 Å². The molecule has 0 unspecified atom stereocenters. The average Bonchev–Trinajstić information content (AvgIpc) is 2.77. The fourth-order valence-electron chi connectivity index (χ4n) is 2.75. The molecule has 0 aliphatic rings. The van der Waals surface area contributed by atoms with E-state index in [2.05, 4.69) is 11.2 Å². The number of oxime groups is 1. The third-order valence-corrected chi connectivity index (χ3v) is 4.67. The molecule has 152 valence electrons. The largest absolute Gasteiger partial charge is 0.493 e. The second kappa shape index (κ2) is 10.3. The van der Waals surface area contributed by atoms with Crippen molar-refractivity contribution in [2.75, 3.05) is 7.11 Å². The van der Waals surface area contributed by atoms with Crippen LogP contribution in [0.4, 0.5) is 0 Å². The molecule has 30 heavy (non-hydrogen) atoms. The van der Waals surface area contributed by atoms with Gasteiger partial charge >= 0.3 is 0 Å². The van der Waals surface area contributed by atoms with Crippen LogP contribution < -0.4 is 9.47 Å². The number of ether oxygens (including phenoxy) is 2. The Labute approximate surface area is 181 Å². The fraction of sp³-hybridized carbons (Fsp3) is 0.167. The van der Waals surface area contributed by atoms with Crippen LogP contribution in [0, 0.1) is 18.3 Å². The van der Waals surface area contributed by atoms with Crippen LogP contribution in [-0.4, -0.2) is 13.3 Å². The highest BCUT2D eigenvalue weighted by atomic mass is 35.5. The topological polar surface area (TPSA) is 63.8 Å². The molecule has 0 spiro atoms. The van der Waals surface area contributed by atoms with Gasteiger partial charge in [0.25, 0.3) is 0 Å². The predicted molar refractivity (Wildman–Crippen MR) is 117 cm³/mol. The van der Waals surface area contributed by atoms with Crippen LogP contribution in [0.25, 0.3) is 0 Å². The summed E-state index contributed by atoms with van der Waals surface area (Å²) < 4.78 is 11.3.